The minimum absolute atomic E-state index is 0.124. The van der Waals surface area contributed by atoms with Crippen LogP contribution in [-0.4, -0.2) is 0 Å². The van der Waals surface area contributed by atoms with Crippen LogP contribution in [0.5, 0.6) is 0 Å². The Morgan fingerprint density at radius 3 is 2.64 bits per heavy atom. The molecule has 1 N–H and O–H groups in total. The summed E-state index contributed by atoms with van der Waals surface area (Å²) in [6.45, 7) is 8.40. The standard InChI is InChI=1S/C13H15N/c1-10-6-9-14-12-5-8-13(2,3)7-4-11(10)12/h4-9,14H,1H2,2-3H3. The van der Waals surface area contributed by atoms with Gasteiger partial charge in [-0.25, -0.2) is 0 Å². The highest BCUT2D eigenvalue weighted by atomic mass is 14.9. The Bertz CT molecular complexity index is 389. The second-order valence-corrected chi connectivity index (χ2v) is 4.32. The molecule has 14 heavy (non-hydrogen) atoms. The zero-order valence-electron chi connectivity index (χ0n) is 8.67. The minimum atomic E-state index is 0.124. The number of nitrogens with one attached hydrogen (secondary N) is 1. The third kappa shape index (κ3) is 1.58. The fraction of sp³-hybridized carbons (Fsp3) is 0.231. The fourth-order valence-corrected chi connectivity index (χ4v) is 1.56. The Hall–Kier alpha value is -1.50. The van der Waals surface area contributed by atoms with Gasteiger partial charge in [0, 0.05) is 22.9 Å². The van der Waals surface area contributed by atoms with Gasteiger partial charge in [0.2, 0.25) is 0 Å². The first-order chi connectivity index (χ1) is 6.58. The van der Waals surface area contributed by atoms with Crippen molar-refractivity contribution < 1.29 is 0 Å². The molecule has 1 nitrogen and oxygen atoms in total. The van der Waals surface area contributed by atoms with Crippen molar-refractivity contribution >= 4 is 0 Å². The van der Waals surface area contributed by atoms with E-state index < -0.39 is 0 Å². The Balaban J connectivity index is 2.44. The monoisotopic (exact) mass is 185 g/mol. The van der Waals surface area contributed by atoms with Crippen molar-refractivity contribution in [2.24, 2.45) is 5.41 Å². The van der Waals surface area contributed by atoms with Crippen molar-refractivity contribution in [1.82, 2.24) is 5.32 Å². The number of hydrogen-bond donors (Lipinski definition) is 1. The largest absolute Gasteiger partial charge is 0.361 e. The average Bonchev–Trinajstić information content (AvgIpc) is 2.27. The molecule has 0 spiro atoms. The molecule has 0 aromatic carbocycles. The van der Waals surface area contributed by atoms with E-state index in [1.807, 2.05) is 12.3 Å². The summed E-state index contributed by atoms with van der Waals surface area (Å²) in [5, 5.41) is 3.23. The lowest BCUT2D eigenvalue weighted by molar-refractivity contribution is 0.626. The van der Waals surface area contributed by atoms with Gasteiger partial charge in [-0.3, -0.25) is 0 Å². The summed E-state index contributed by atoms with van der Waals surface area (Å²) in [4.78, 5) is 0. The van der Waals surface area contributed by atoms with Crippen LogP contribution in [0.25, 0.3) is 0 Å². The van der Waals surface area contributed by atoms with Gasteiger partial charge < -0.3 is 5.32 Å². The fourth-order valence-electron chi connectivity index (χ4n) is 1.56. The summed E-state index contributed by atoms with van der Waals surface area (Å²) < 4.78 is 0. The van der Waals surface area contributed by atoms with Crippen LogP contribution >= 0.6 is 0 Å². The van der Waals surface area contributed by atoms with Gasteiger partial charge in [0.1, 0.15) is 0 Å². The first kappa shape index (κ1) is 9.07. The van der Waals surface area contributed by atoms with Crippen LogP contribution in [0.2, 0.25) is 0 Å². The van der Waals surface area contributed by atoms with E-state index >= 15 is 0 Å². The van der Waals surface area contributed by atoms with Gasteiger partial charge in [0.25, 0.3) is 0 Å². The van der Waals surface area contributed by atoms with Crippen molar-refractivity contribution in [3.63, 3.8) is 0 Å². The Labute approximate surface area is 85.2 Å². The second kappa shape index (κ2) is 3.02. The van der Waals surface area contributed by atoms with Gasteiger partial charge >= 0.3 is 0 Å². The van der Waals surface area contributed by atoms with Crippen LogP contribution in [0, 0.1) is 5.41 Å². The highest BCUT2D eigenvalue weighted by Crippen LogP contribution is 2.28. The molecule has 0 fully saturated rings. The molecule has 0 bridgehead atoms. The molecule has 1 heterocycles. The van der Waals surface area contributed by atoms with Crippen LogP contribution in [0.15, 0.2) is 60.0 Å². The molecule has 2 rings (SSSR count). The molecule has 72 valence electrons. The molecule has 0 aromatic rings. The molecule has 0 atom stereocenters. The summed E-state index contributed by atoms with van der Waals surface area (Å²) in [7, 11) is 0. The van der Waals surface area contributed by atoms with E-state index in [2.05, 4.69) is 50.0 Å². The average molecular weight is 185 g/mol. The van der Waals surface area contributed by atoms with E-state index in [4.69, 9.17) is 0 Å². The van der Waals surface area contributed by atoms with Crippen molar-refractivity contribution in [3.8, 4) is 0 Å². The maximum Gasteiger partial charge on any atom is 0.0456 e. The molecule has 0 amide bonds. The van der Waals surface area contributed by atoms with E-state index in [0.717, 1.165) is 11.3 Å². The molecule has 0 aromatic heterocycles. The zero-order chi connectivity index (χ0) is 10.2. The summed E-state index contributed by atoms with van der Waals surface area (Å²) in [6.07, 6.45) is 12.6. The molecule has 0 unspecified atom stereocenters. The SMILES string of the molecule is C=C1C=CNC2=C1C=CC(C)(C)C=C2. The van der Waals surface area contributed by atoms with E-state index in [-0.39, 0.29) is 5.41 Å². The zero-order valence-corrected chi connectivity index (χ0v) is 8.67. The Morgan fingerprint density at radius 2 is 1.86 bits per heavy atom. The van der Waals surface area contributed by atoms with Crippen molar-refractivity contribution in [1.29, 1.82) is 0 Å². The van der Waals surface area contributed by atoms with Gasteiger partial charge in [0.05, 0.1) is 0 Å². The van der Waals surface area contributed by atoms with Gasteiger partial charge in [-0.05, 0) is 17.7 Å². The number of dihydropyridines is 1. The molecular formula is C13H15N. The van der Waals surface area contributed by atoms with Crippen LogP contribution in [0.4, 0.5) is 0 Å². The third-order valence-corrected chi connectivity index (χ3v) is 2.52. The van der Waals surface area contributed by atoms with Crippen LogP contribution in [0.1, 0.15) is 13.8 Å². The maximum absolute atomic E-state index is 4.02. The van der Waals surface area contributed by atoms with Gasteiger partial charge in [-0.2, -0.15) is 0 Å². The Kier molecular flexibility index (Phi) is 1.95. The Morgan fingerprint density at radius 1 is 1.14 bits per heavy atom. The molecule has 0 radical (unpaired) electrons. The van der Waals surface area contributed by atoms with Gasteiger partial charge in [-0.1, -0.05) is 38.7 Å². The highest BCUT2D eigenvalue weighted by molar-refractivity contribution is 5.54. The quantitative estimate of drug-likeness (QED) is 0.611. The molecule has 0 saturated carbocycles. The van der Waals surface area contributed by atoms with E-state index in [9.17, 15) is 0 Å². The lowest BCUT2D eigenvalue weighted by atomic mass is 9.93. The lowest BCUT2D eigenvalue weighted by Crippen LogP contribution is -2.10. The predicted molar refractivity (Wildman–Crippen MR) is 60.5 cm³/mol. The first-order valence-corrected chi connectivity index (χ1v) is 4.84. The first-order valence-electron chi connectivity index (χ1n) is 4.84. The summed E-state index contributed by atoms with van der Waals surface area (Å²) >= 11 is 0. The van der Waals surface area contributed by atoms with E-state index in [1.54, 1.807) is 0 Å². The smallest absolute Gasteiger partial charge is 0.0456 e. The molecule has 1 aliphatic heterocycles. The lowest BCUT2D eigenvalue weighted by Gasteiger charge is -2.13. The van der Waals surface area contributed by atoms with Crippen LogP contribution < -0.4 is 5.32 Å². The number of allylic oxidation sites excluding steroid dienone is 7. The van der Waals surface area contributed by atoms with Crippen LogP contribution in [0.3, 0.4) is 0 Å². The van der Waals surface area contributed by atoms with Crippen molar-refractivity contribution in [3.05, 3.63) is 60.0 Å². The van der Waals surface area contributed by atoms with Crippen molar-refractivity contribution in [2.75, 3.05) is 0 Å². The predicted octanol–water partition coefficient (Wildman–Crippen LogP) is 3.07. The van der Waals surface area contributed by atoms with Gasteiger partial charge in [-0.15, -0.1) is 0 Å². The molecule has 2 aliphatic rings. The molecule has 0 saturated heterocycles. The minimum Gasteiger partial charge on any atom is -0.361 e. The summed E-state index contributed by atoms with van der Waals surface area (Å²) in [5.74, 6) is 0. The topological polar surface area (TPSA) is 12.0 Å². The maximum atomic E-state index is 4.02. The van der Waals surface area contributed by atoms with Crippen LogP contribution in [-0.2, 0) is 0 Å². The second-order valence-electron chi connectivity index (χ2n) is 4.32. The normalized spacial score (nSPS) is 23.1. The van der Waals surface area contributed by atoms with Crippen molar-refractivity contribution in [2.45, 2.75) is 13.8 Å². The highest BCUT2D eigenvalue weighted by Gasteiger charge is 2.15. The number of hydrogen-bond acceptors (Lipinski definition) is 1. The van der Waals surface area contributed by atoms with E-state index in [0.29, 0.717) is 0 Å². The number of rotatable bonds is 0. The molecular weight excluding hydrogens is 170 g/mol. The third-order valence-electron chi connectivity index (χ3n) is 2.52. The molecule has 1 aliphatic carbocycles. The summed E-state index contributed by atoms with van der Waals surface area (Å²) in [6, 6.07) is 0. The van der Waals surface area contributed by atoms with E-state index in [1.165, 1.54) is 5.57 Å². The summed E-state index contributed by atoms with van der Waals surface area (Å²) in [5.41, 5.74) is 3.52. The van der Waals surface area contributed by atoms with Gasteiger partial charge in [0.15, 0.2) is 0 Å². The molecule has 1 heteroatoms.